The third-order valence-corrected chi connectivity index (χ3v) is 5.00. The molecule has 1 amide bonds. The number of likely N-dealkylation sites (tertiary alicyclic amines) is 1. The van der Waals surface area contributed by atoms with Crippen LogP contribution in [0.2, 0.25) is 0 Å². The van der Waals surface area contributed by atoms with Crippen LogP contribution in [-0.4, -0.2) is 46.5 Å². The van der Waals surface area contributed by atoms with Crippen molar-refractivity contribution < 1.29 is 4.79 Å². The number of carbonyl (C=O) groups is 1. The average molecular weight is 482 g/mol. The fourth-order valence-electron chi connectivity index (χ4n) is 3.44. The van der Waals surface area contributed by atoms with E-state index in [0.29, 0.717) is 24.1 Å². The van der Waals surface area contributed by atoms with Crippen LogP contribution in [0.15, 0.2) is 48.0 Å². The van der Waals surface area contributed by atoms with Crippen LogP contribution in [-0.2, 0) is 6.54 Å². The Morgan fingerprint density at radius 2 is 2.26 bits per heavy atom. The molecule has 0 bridgehead atoms. The van der Waals surface area contributed by atoms with Gasteiger partial charge in [-0.2, -0.15) is 0 Å². The van der Waals surface area contributed by atoms with E-state index in [2.05, 4.69) is 31.7 Å². The number of hydrogen-bond donors (Lipinski definition) is 2. The SMILES string of the molecule is CN=C(NCc1cccc(C(N)=O)c1)N1CCC(C)C(n2ccnc2)C1.I. The number of piperidine rings is 1. The van der Waals surface area contributed by atoms with Crippen molar-refractivity contribution in [2.75, 3.05) is 20.1 Å². The predicted molar refractivity (Wildman–Crippen MR) is 117 cm³/mol. The summed E-state index contributed by atoms with van der Waals surface area (Å²) < 4.78 is 2.18. The van der Waals surface area contributed by atoms with Gasteiger partial charge in [0.25, 0.3) is 0 Å². The number of aromatic nitrogens is 2. The summed E-state index contributed by atoms with van der Waals surface area (Å²) >= 11 is 0. The van der Waals surface area contributed by atoms with E-state index in [1.807, 2.05) is 36.9 Å². The summed E-state index contributed by atoms with van der Waals surface area (Å²) in [5, 5.41) is 3.40. The zero-order valence-corrected chi connectivity index (χ0v) is 18.0. The third kappa shape index (κ3) is 5.21. The number of nitrogens with one attached hydrogen (secondary N) is 1. The Kier molecular flexibility index (Phi) is 7.64. The topological polar surface area (TPSA) is 88.5 Å². The van der Waals surface area contributed by atoms with Crippen LogP contribution in [0.3, 0.4) is 0 Å². The summed E-state index contributed by atoms with van der Waals surface area (Å²) in [4.78, 5) is 22.2. The number of hydrogen-bond acceptors (Lipinski definition) is 3. The third-order valence-electron chi connectivity index (χ3n) is 5.00. The molecule has 3 rings (SSSR count). The average Bonchev–Trinajstić information content (AvgIpc) is 3.18. The Hall–Kier alpha value is -2.10. The van der Waals surface area contributed by atoms with Gasteiger partial charge in [-0.15, -0.1) is 24.0 Å². The molecule has 146 valence electrons. The quantitative estimate of drug-likeness (QED) is 0.398. The molecule has 1 aromatic carbocycles. The summed E-state index contributed by atoms with van der Waals surface area (Å²) in [6.07, 6.45) is 6.83. The van der Waals surface area contributed by atoms with Gasteiger partial charge in [0.05, 0.1) is 12.4 Å². The van der Waals surface area contributed by atoms with E-state index in [0.717, 1.165) is 31.0 Å². The molecule has 1 fully saturated rings. The van der Waals surface area contributed by atoms with E-state index < -0.39 is 5.91 Å². The van der Waals surface area contributed by atoms with Crippen LogP contribution in [0.5, 0.6) is 0 Å². The number of rotatable bonds is 4. The number of imidazole rings is 1. The van der Waals surface area contributed by atoms with Gasteiger partial charge in [-0.25, -0.2) is 4.98 Å². The molecule has 0 spiro atoms. The van der Waals surface area contributed by atoms with Crippen molar-refractivity contribution in [1.29, 1.82) is 0 Å². The van der Waals surface area contributed by atoms with Crippen LogP contribution >= 0.6 is 24.0 Å². The largest absolute Gasteiger partial charge is 0.366 e. The maximum absolute atomic E-state index is 11.3. The molecule has 2 unspecified atom stereocenters. The van der Waals surface area contributed by atoms with Gasteiger partial charge >= 0.3 is 0 Å². The standard InChI is InChI=1S/C19H26N6O.HI/c1-14-6-8-24(12-17(14)25-9-7-22-13-25)19(21-2)23-11-15-4-3-5-16(10-15)18(20)26;/h3-5,7,9-10,13-14,17H,6,8,11-12H2,1-2H3,(H2,20,26)(H,21,23);1H. The number of carbonyl (C=O) groups excluding carboxylic acids is 1. The number of primary amides is 1. The molecule has 8 heteroatoms. The predicted octanol–water partition coefficient (Wildman–Crippen LogP) is 2.26. The summed E-state index contributed by atoms with van der Waals surface area (Å²) in [5.41, 5.74) is 6.88. The first-order valence-electron chi connectivity index (χ1n) is 8.90. The molecular weight excluding hydrogens is 455 g/mol. The zero-order valence-electron chi connectivity index (χ0n) is 15.7. The van der Waals surface area contributed by atoms with Crippen LogP contribution < -0.4 is 11.1 Å². The van der Waals surface area contributed by atoms with Gasteiger partial charge in [0.2, 0.25) is 5.91 Å². The van der Waals surface area contributed by atoms with Gasteiger partial charge in [0, 0.05) is 44.6 Å². The lowest BCUT2D eigenvalue weighted by Gasteiger charge is -2.39. The molecule has 27 heavy (non-hydrogen) atoms. The Morgan fingerprint density at radius 3 is 2.93 bits per heavy atom. The second-order valence-electron chi connectivity index (χ2n) is 6.75. The van der Waals surface area contributed by atoms with Crippen molar-refractivity contribution >= 4 is 35.8 Å². The molecule has 1 saturated heterocycles. The minimum absolute atomic E-state index is 0. The van der Waals surface area contributed by atoms with Crippen LogP contribution in [0.25, 0.3) is 0 Å². The molecule has 1 aliphatic rings. The number of nitrogens with two attached hydrogens (primary N) is 1. The molecule has 2 heterocycles. The van der Waals surface area contributed by atoms with Gasteiger partial charge in [0.1, 0.15) is 0 Å². The molecular formula is C19H27IN6O. The van der Waals surface area contributed by atoms with E-state index in [1.165, 1.54) is 0 Å². The number of halogens is 1. The van der Waals surface area contributed by atoms with Crippen molar-refractivity contribution in [2.45, 2.75) is 25.9 Å². The number of benzene rings is 1. The summed E-state index contributed by atoms with van der Waals surface area (Å²) in [6.45, 7) is 4.73. The van der Waals surface area contributed by atoms with E-state index in [1.54, 1.807) is 13.1 Å². The van der Waals surface area contributed by atoms with Crippen molar-refractivity contribution in [2.24, 2.45) is 16.6 Å². The number of nitrogens with zero attached hydrogens (tertiary/aromatic N) is 4. The van der Waals surface area contributed by atoms with Gasteiger partial charge in [-0.3, -0.25) is 9.79 Å². The minimum atomic E-state index is -0.413. The van der Waals surface area contributed by atoms with Gasteiger partial charge in [-0.1, -0.05) is 19.1 Å². The molecule has 2 aromatic rings. The first-order chi connectivity index (χ1) is 12.6. The van der Waals surface area contributed by atoms with Crippen LogP contribution in [0, 0.1) is 5.92 Å². The second kappa shape index (κ2) is 9.72. The molecule has 0 saturated carbocycles. The second-order valence-corrected chi connectivity index (χ2v) is 6.75. The van der Waals surface area contributed by atoms with Gasteiger partial charge in [-0.05, 0) is 30.0 Å². The highest BCUT2D eigenvalue weighted by Gasteiger charge is 2.28. The van der Waals surface area contributed by atoms with Crippen LogP contribution in [0.1, 0.15) is 35.3 Å². The zero-order chi connectivity index (χ0) is 18.5. The highest BCUT2D eigenvalue weighted by molar-refractivity contribution is 14.0. The molecule has 0 radical (unpaired) electrons. The highest BCUT2D eigenvalue weighted by atomic mass is 127. The lowest BCUT2D eigenvalue weighted by atomic mass is 9.93. The first-order valence-corrected chi connectivity index (χ1v) is 8.90. The Labute approximate surface area is 177 Å². The van der Waals surface area contributed by atoms with Crippen LogP contribution in [0.4, 0.5) is 0 Å². The minimum Gasteiger partial charge on any atom is -0.366 e. The van der Waals surface area contributed by atoms with E-state index in [9.17, 15) is 4.79 Å². The number of aliphatic imine (C=N–C) groups is 1. The highest BCUT2D eigenvalue weighted by Crippen LogP contribution is 2.27. The molecule has 1 aromatic heterocycles. The molecule has 3 N–H and O–H groups in total. The molecule has 1 aliphatic heterocycles. The summed E-state index contributed by atoms with van der Waals surface area (Å²) in [7, 11) is 1.80. The van der Waals surface area contributed by atoms with E-state index in [4.69, 9.17) is 5.73 Å². The fraction of sp³-hybridized carbons (Fsp3) is 0.421. The van der Waals surface area contributed by atoms with Crippen molar-refractivity contribution in [3.8, 4) is 0 Å². The first kappa shape index (κ1) is 21.2. The molecule has 0 aliphatic carbocycles. The maximum Gasteiger partial charge on any atom is 0.248 e. The van der Waals surface area contributed by atoms with Crippen molar-refractivity contribution in [3.63, 3.8) is 0 Å². The lowest BCUT2D eigenvalue weighted by Crippen LogP contribution is -2.48. The molecule has 7 nitrogen and oxygen atoms in total. The summed E-state index contributed by atoms with van der Waals surface area (Å²) in [6, 6.07) is 7.73. The lowest BCUT2D eigenvalue weighted by molar-refractivity contribution is 0.1000. The normalized spacial score (nSPS) is 20.1. The fourth-order valence-corrected chi connectivity index (χ4v) is 3.44. The van der Waals surface area contributed by atoms with Gasteiger partial charge in [0.15, 0.2) is 5.96 Å². The maximum atomic E-state index is 11.3. The Morgan fingerprint density at radius 1 is 1.44 bits per heavy atom. The smallest absolute Gasteiger partial charge is 0.248 e. The van der Waals surface area contributed by atoms with Gasteiger partial charge < -0.3 is 20.5 Å². The van der Waals surface area contributed by atoms with Crippen molar-refractivity contribution in [3.05, 3.63) is 54.1 Å². The Bertz CT molecular complexity index is 776. The van der Waals surface area contributed by atoms with Crippen molar-refractivity contribution in [1.82, 2.24) is 19.8 Å². The number of amides is 1. The monoisotopic (exact) mass is 482 g/mol. The Balaban J connectivity index is 0.00000261. The van der Waals surface area contributed by atoms with E-state index >= 15 is 0 Å². The number of guanidine groups is 1. The summed E-state index contributed by atoms with van der Waals surface area (Å²) in [5.74, 6) is 1.04. The molecule has 2 atom stereocenters. The van der Waals surface area contributed by atoms with E-state index in [-0.39, 0.29) is 24.0 Å².